The Hall–Kier alpha value is -3.64. The second-order valence-corrected chi connectivity index (χ2v) is 28.8. The molecule has 1 aromatic rings. The lowest BCUT2D eigenvalue weighted by Gasteiger charge is -2.60. The molecule has 6 aliphatic rings. The lowest BCUT2D eigenvalue weighted by atomic mass is 9.74. The monoisotopic (exact) mass is 1260 g/mol. The van der Waals surface area contributed by atoms with Gasteiger partial charge in [0, 0.05) is 168 Å². The van der Waals surface area contributed by atoms with Crippen molar-refractivity contribution in [3.8, 4) is 0 Å². The predicted molar refractivity (Wildman–Crippen MR) is 366 cm³/mol. The van der Waals surface area contributed by atoms with Gasteiger partial charge < -0.3 is 51.5 Å². The minimum Gasteiger partial charge on any atom is -0.369 e. The summed E-state index contributed by atoms with van der Waals surface area (Å²) >= 11 is 6.21. The number of aliphatic imine (C=N–C) groups is 1. The Balaban J connectivity index is 1.19. The fourth-order valence-electron chi connectivity index (χ4n) is 15.9. The first-order valence-corrected chi connectivity index (χ1v) is 35.9. The van der Waals surface area contributed by atoms with Gasteiger partial charge in [-0.15, -0.1) is 0 Å². The minimum absolute atomic E-state index is 0.0458. The van der Waals surface area contributed by atoms with Crippen molar-refractivity contribution < 1.29 is 18.0 Å². The van der Waals surface area contributed by atoms with Crippen LogP contribution in [0.3, 0.4) is 0 Å². The van der Waals surface area contributed by atoms with Crippen LogP contribution in [0.2, 0.25) is 5.02 Å². The average Bonchev–Trinajstić information content (AvgIpc) is 1.06. The Bertz CT molecular complexity index is 2450. The van der Waals surface area contributed by atoms with Crippen molar-refractivity contribution >= 4 is 23.7 Å². The van der Waals surface area contributed by atoms with Crippen LogP contribution in [0.5, 0.6) is 0 Å². The zero-order valence-electron chi connectivity index (χ0n) is 57.3. The van der Waals surface area contributed by atoms with Gasteiger partial charge in [0.05, 0.1) is 23.0 Å². The SMILES string of the molecule is CCC[C@@H]1NC[C@H]([C@@H](C)CC)NC(C)[C@H](C)N2CCCC2=CN(C)C(CC2CCCCC2)=CN(C)C=CNC(CCc2ccc(C(F)(F)F)c(Cl)c2)=CC=NCCNCC2(CCCC2)NC(C)[C@H]([C@@H](C)CC)N2C(C)[C@H](C(=O)N3CCCCC3)C2CNC1C. The van der Waals surface area contributed by atoms with Gasteiger partial charge in [-0.05, 0) is 147 Å². The summed E-state index contributed by atoms with van der Waals surface area (Å²) in [7, 11) is 4.32. The molecule has 0 aromatic heterocycles. The molecule has 504 valence electrons. The highest BCUT2D eigenvalue weighted by atomic mass is 35.5. The lowest BCUT2D eigenvalue weighted by molar-refractivity contribution is -0.162. The van der Waals surface area contributed by atoms with Gasteiger partial charge in [-0.25, -0.2) is 0 Å². The van der Waals surface area contributed by atoms with E-state index in [2.05, 4.69) is 158 Å². The number of hydrogen-bond acceptors (Lipinski definition) is 12. The average molecular weight is 1260 g/mol. The van der Waals surface area contributed by atoms with Crippen molar-refractivity contribution in [2.45, 2.75) is 270 Å². The highest BCUT2D eigenvalue weighted by Gasteiger charge is 2.55. The van der Waals surface area contributed by atoms with E-state index in [1.54, 1.807) is 0 Å². The second kappa shape index (κ2) is 35.6. The van der Waals surface area contributed by atoms with Gasteiger partial charge in [-0.1, -0.05) is 116 Å². The van der Waals surface area contributed by atoms with E-state index in [4.69, 9.17) is 16.6 Å². The Morgan fingerprint density at radius 2 is 1.54 bits per heavy atom. The van der Waals surface area contributed by atoms with Crippen LogP contribution in [0.15, 0.2) is 71.2 Å². The fraction of sp³-hybridized carbons (Fsp3) is 0.778. The Kier molecular flexibility index (Phi) is 29.1. The molecule has 12 atom stereocenters. The number of alkyl halides is 3. The minimum atomic E-state index is -4.51. The summed E-state index contributed by atoms with van der Waals surface area (Å²) in [6.07, 6.45) is 31.0. The van der Waals surface area contributed by atoms with E-state index in [0.29, 0.717) is 49.1 Å². The zero-order chi connectivity index (χ0) is 64.3. The lowest BCUT2D eigenvalue weighted by Crippen LogP contribution is -2.76. The number of hydrogen-bond donors (Lipinski definition) is 6. The number of nitrogens with one attached hydrogen (secondary N) is 6. The molecule has 1 spiro atoms. The molecule has 4 heterocycles. The first-order valence-electron chi connectivity index (χ1n) is 35.5. The molecule has 1 aromatic carbocycles. The van der Waals surface area contributed by atoms with Crippen LogP contribution in [0.25, 0.3) is 0 Å². The van der Waals surface area contributed by atoms with Crippen LogP contribution in [0.1, 0.15) is 209 Å². The molecule has 0 bridgehead atoms. The summed E-state index contributed by atoms with van der Waals surface area (Å²) in [5, 5.41) is 23.9. The van der Waals surface area contributed by atoms with Gasteiger partial charge >= 0.3 is 6.18 Å². The third-order valence-corrected chi connectivity index (χ3v) is 22.1. The molecule has 6 N–H and O–H groups in total. The van der Waals surface area contributed by atoms with Crippen LogP contribution in [0.4, 0.5) is 13.2 Å². The molecule has 17 heteroatoms. The molecule has 2 saturated carbocycles. The number of likely N-dealkylation sites (tertiary alicyclic amines) is 1. The molecule has 13 nitrogen and oxygen atoms in total. The highest BCUT2D eigenvalue weighted by Crippen LogP contribution is 2.42. The predicted octanol–water partition coefficient (Wildman–Crippen LogP) is 13.4. The number of rotatable bonds is 12. The summed E-state index contributed by atoms with van der Waals surface area (Å²) in [6.45, 7) is 30.4. The summed E-state index contributed by atoms with van der Waals surface area (Å²) in [5.74, 6) is 1.85. The molecule has 1 amide bonds. The van der Waals surface area contributed by atoms with Crippen molar-refractivity contribution in [2.75, 3.05) is 66.5 Å². The van der Waals surface area contributed by atoms with Crippen LogP contribution in [-0.2, 0) is 17.4 Å². The van der Waals surface area contributed by atoms with Gasteiger partial charge in [-0.2, -0.15) is 13.2 Å². The number of allylic oxidation sites excluding steroid dienone is 4. The van der Waals surface area contributed by atoms with Crippen molar-refractivity contribution in [3.05, 3.63) is 82.3 Å². The number of benzene rings is 1. The van der Waals surface area contributed by atoms with Crippen LogP contribution < -0.4 is 31.9 Å². The summed E-state index contributed by atoms with van der Waals surface area (Å²) in [4.78, 5) is 31.9. The van der Waals surface area contributed by atoms with E-state index in [-0.39, 0.29) is 64.8 Å². The second-order valence-electron chi connectivity index (χ2n) is 28.4. The Morgan fingerprint density at radius 3 is 2.22 bits per heavy atom. The van der Waals surface area contributed by atoms with E-state index in [0.717, 1.165) is 134 Å². The smallest absolute Gasteiger partial charge is 0.369 e. The molecule has 4 aliphatic heterocycles. The maximum atomic E-state index is 14.8. The summed E-state index contributed by atoms with van der Waals surface area (Å²) in [5.41, 5.74) is 3.44. The van der Waals surface area contributed by atoms with E-state index in [1.807, 2.05) is 18.5 Å². The highest BCUT2D eigenvalue weighted by molar-refractivity contribution is 6.31. The van der Waals surface area contributed by atoms with E-state index in [1.165, 1.54) is 74.9 Å². The largest absolute Gasteiger partial charge is 0.417 e. The number of nitrogens with zero attached hydrogens (tertiary/aromatic N) is 6. The molecule has 5 fully saturated rings. The van der Waals surface area contributed by atoms with E-state index >= 15 is 0 Å². The van der Waals surface area contributed by atoms with Crippen LogP contribution in [-0.4, -0.2) is 163 Å². The normalized spacial score (nSPS) is 30.3. The standard InChI is InChI=1S/C72H122ClF3N12O/c1-13-25-65-54(7)80-47-67-68(70(89)86-40-22-17-23-41-86)57(10)88(67)69(52(5)15-3)55(8)83-71(34-20-21-35-71)50-78-38-37-77-36-33-60(31-29-59-30-32-63(64(73)45-59)72(74,75)76)79-39-43-84(11)48-62(44-58-26-18-16-19-27-58)85(12)49-61-28-24-42-87(61)56(9)53(6)82-66(46-81-65)51(4)14-2/h30,32-33,36,39,43,45,48-49,51-58,65-69,78-83H,13-29,31,34-35,37-38,40-42,44,46-47,50H2,1-12H3/t51-,52-,53?,54?,55?,56-,57?,65-,66+,67?,68-,69-/m0/s1. The summed E-state index contributed by atoms with van der Waals surface area (Å²) < 4.78 is 41.1. The number of carbonyl (C=O) groups is 1. The maximum absolute atomic E-state index is 14.8. The number of amides is 1. The third-order valence-electron chi connectivity index (χ3n) is 21.8. The zero-order valence-corrected chi connectivity index (χ0v) is 58.1. The molecule has 5 unspecified atom stereocenters. The maximum Gasteiger partial charge on any atom is 0.417 e. The summed E-state index contributed by atoms with van der Waals surface area (Å²) in [6, 6.07) is 6.06. The number of fused-ring (bicyclic) bond motifs is 2. The molecule has 3 saturated heterocycles. The van der Waals surface area contributed by atoms with Gasteiger partial charge in [0.1, 0.15) is 0 Å². The molecule has 2 aliphatic carbocycles. The number of aryl methyl sites for hydroxylation is 1. The van der Waals surface area contributed by atoms with Crippen LogP contribution >= 0.6 is 11.6 Å². The molecule has 89 heavy (non-hydrogen) atoms. The Labute approximate surface area is 543 Å². The van der Waals surface area contributed by atoms with Crippen molar-refractivity contribution in [1.29, 1.82) is 0 Å². The molecule has 7 rings (SSSR count). The first-order chi connectivity index (χ1) is 42.7. The number of piperidine rings is 1. The first kappa shape index (κ1) is 72.8. The van der Waals surface area contributed by atoms with Gasteiger partial charge in [0.15, 0.2) is 0 Å². The van der Waals surface area contributed by atoms with E-state index < -0.39 is 11.7 Å². The van der Waals surface area contributed by atoms with Crippen molar-refractivity contribution in [1.82, 2.24) is 56.4 Å². The van der Waals surface area contributed by atoms with Gasteiger partial charge in [0.25, 0.3) is 0 Å². The number of halogens is 4. The van der Waals surface area contributed by atoms with Crippen molar-refractivity contribution in [3.63, 3.8) is 0 Å². The van der Waals surface area contributed by atoms with Crippen LogP contribution in [0, 0.1) is 23.7 Å². The van der Waals surface area contributed by atoms with Gasteiger partial charge in [-0.3, -0.25) is 14.7 Å². The molecular formula is C72H122ClF3N12O. The number of carbonyl (C=O) groups excluding carboxylic acids is 1. The Morgan fingerprint density at radius 1 is 0.820 bits per heavy atom. The van der Waals surface area contributed by atoms with E-state index in [9.17, 15) is 18.0 Å². The van der Waals surface area contributed by atoms with Crippen molar-refractivity contribution in [2.24, 2.45) is 28.7 Å². The fourth-order valence-corrected chi connectivity index (χ4v) is 16.2. The molecule has 0 radical (unpaired) electrons. The van der Waals surface area contributed by atoms with Gasteiger partial charge in [0.2, 0.25) is 5.91 Å². The third kappa shape index (κ3) is 20.7. The molecular weight excluding hydrogens is 1140 g/mol. The quantitative estimate of drug-likeness (QED) is 0.120. The topological polar surface area (TPSA) is 118 Å².